The van der Waals surface area contributed by atoms with E-state index < -0.39 is 0 Å². The number of carbonyl (C=O) groups is 1. The van der Waals surface area contributed by atoms with E-state index in [2.05, 4.69) is 32.0 Å². The van der Waals surface area contributed by atoms with Gasteiger partial charge in [0.15, 0.2) is 5.78 Å². The molecule has 4 heteroatoms. The summed E-state index contributed by atoms with van der Waals surface area (Å²) in [5.74, 6) is 1.08. The molecule has 0 aliphatic carbocycles. The van der Waals surface area contributed by atoms with Crippen molar-refractivity contribution in [3.63, 3.8) is 0 Å². The molecule has 4 N–H and O–H groups in total. The highest BCUT2D eigenvalue weighted by Crippen LogP contribution is 2.29. The molecule has 31 heavy (non-hydrogen) atoms. The molecule has 0 heterocycles. The first kappa shape index (κ1) is 22.2. The molecule has 0 atom stereocenters. The Bertz CT molecular complexity index is 1070. The fourth-order valence-electron chi connectivity index (χ4n) is 3.40. The summed E-state index contributed by atoms with van der Waals surface area (Å²) in [6.45, 7) is 4.30. The number of rotatable bonds is 9. The Balaban J connectivity index is 1.63. The molecule has 4 nitrogen and oxygen atoms in total. The molecule has 3 aromatic carbocycles. The third kappa shape index (κ3) is 6.22. The van der Waals surface area contributed by atoms with Gasteiger partial charge in [0.25, 0.3) is 0 Å². The molecule has 0 amide bonds. The molecule has 0 unspecified atom stereocenters. The number of ether oxygens (including phenoxy) is 1. The first-order valence-electron chi connectivity index (χ1n) is 10.7. The van der Waals surface area contributed by atoms with Crippen LogP contribution >= 0.6 is 0 Å². The van der Waals surface area contributed by atoms with E-state index in [1.54, 1.807) is 48.5 Å². The highest BCUT2D eigenvalue weighted by atomic mass is 16.5. The van der Waals surface area contributed by atoms with Crippen molar-refractivity contribution in [3.8, 4) is 11.5 Å². The summed E-state index contributed by atoms with van der Waals surface area (Å²) in [7, 11) is 0. The van der Waals surface area contributed by atoms with Crippen molar-refractivity contribution in [2.24, 2.45) is 0 Å². The second-order valence-corrected chi connectivity index (χ2v) is 7.77. The summed E-state index contributed by atoms with van der Waals surface area (Å²) in [4.78, 5) is 12.6. The van der Waals surface area contributed by atoms with E-state index in [1.807, 2.05) is 6.08 Å². The standard InChI is InChI=1S/C27H30N2O2/c1-3-4-5-6-20-7-8-21(19(2)17-20)11-15-26(30)22-9-13-24(14-10-22)31-27-16-12-23(28)18-25(27)29/h7-18H,3-6,28-29H2,1-2H3. The Kier molecular flexibility index (Phi) is 7.50. The van der Waals surface area contributed by atoms with E-state index in [9.17, 15) is 4.79 Å². The monoisotopic (exact) mass is 414 g/mol. The number of unbranched alkanes of at least 4 members (excludes halogenated alkanes) is 2. The zero-order valence-corrected chi connectivity index (χ0v) is 18.2. The van der Waals surface area contributed by atoms with Gasteiger partial charge in [-0.1, -0.05) is 44.0 Å². The van der Waals surface area contributed by atoms with Crippen LogP contribution in [0, 0.1) is 6.92 Å². The Labute approximate surface area is 184 Å². The topological polar surface area (TPSA) is 78.3 Å². The van der Waals surface area contributed by atoms with Crippen molar-refractivity contribution in [2.45, 2.75) is 39.5 Å². The predicted octanol–water partition coefficient (Wildman–Crippen LogP) is 6.58. The van der Waals surface area contributed by atoms with Gasteiger partial charge in [0, 0.05) is 11.3 Å². The van der Waals surface area contributed by atoms with Gasteiger partial charge in [0.05, 0.1) is 5.69 Å². The third-order valence-corrected chi connectivity index (χ3v) is 5.22. The van der Waals surface area contributed by atoms with Crippen molar-refractivity contribution < 1.29 is 9.53 Å². The molecular weight excluding hydrogens is 384 g/mol. The van der Waals surface area contributed by atoms with Gasteiger partial charge in [-0.25, -0.2) is 0 Å². The molecule has 0 radical (unpaired) electrons. The number of benzene rings is 3. The fraction of sp³-hybridized carbons (Fsp3) is 0.222. The van der Waals surface area contributed by atoms with Crippen LogP contribution in [-0.2, 0) is 6.42 Å². The Morgan fingerprint density at radius 2 is 1.74 bits per heavy atom. The number of carbonyl (C=O) groups excluding carboxylic acids is 1. The summed E-state index contributed by atoms with van der Waals surface area (Å²) in [6.07, 6.45) is 8.30. The minimum Gasteiger partial charge on any atom is -0.455 e. The van der Waals surface area contributed by atoms with Gasteiger partial charge < -0.3 is 16.2 Å². The molecular formula is C27H30N2O2. The van der Waals surface area contributed by atoms with Gasteiger partial charge in [0.1, 0.15) is 11.5 Å². The molecule has 0 spiro atoms. The number of aryl methyl sites for hydroxylation is 2. The lowest BCUT2D eigenvalue weighted by Gasteiger charge is -2.09. The number of anilines is 2. The molecule has 3 aromatic rings. The maximum atomic E-state index is 12.6. The van der Waals surface area contributed by atoms with Crippen molar-refractivity contribution >= 4 is 23.2 Å². The molecule has 0 aromatic heterocycles. The molecule has 3 rings (SSSR count). The minimum atomic E-state index is -0.0510. The predicted molar refractivity (Wildman–Crippen MR) is 130 cm³/mol. The lowest BCUT2D eigenvalue weighted by atomic mass is 10.00. The second kappa shape index (κ2) is 10.5. The van der Waals surface area contributed by atoms with Crippen molar-refractivity contribution in [1.29, 1.82) is 0 Å². The summed E-state index contributed by atoms with van der Waals surface area (Å²) >= 11 is 0. The maximum absolute atomic E-state index is 12.6. The van der Waals surface area contributed by atoms with Gasteiger partial charge in [-0.15, -0.1) is 0 Å². The Hall–Kier alpha value is -3.53. The summed E-state index contributed by atoms with van der Waals surface area (Å²) < 4.78 is 5.78. The first-order valence-corrected chi connectivity index (χ1v) is 10.7. The lowest BCUT2D eigenvalue weighted by Crippen LogP contribution is -1.96. The maximum Gasteiger partial charge on any atom is 0.185 e. The van der Waals surface area contributed by atoms with E-state index in [4.69, 9.17) is 16.2 Å². The van der Waals surface area contributed by atoms with E-state index in [1.165, 1.54) is 30.4 Å². The molecule has 0 saturated heterocycles. The van der Waals surface area contributed by atoms with Gasteiger partial charge in [-0.2, -0.15) is 0 Å². The van der Waals surface area contributed by atoms with E-state index in [-0.39, 0.29) is 5.78 Å². The second-order valence-electron chi connectivity index (χ2n) is 7.77. The summed E-state index contributed by atoms with van der Waals surface area (Å²) in [6, 6.07) is 18.6. The smallest absolute Gasteiger partial charge is 0.185 e. The Morgan fingerprint density at radius 1 is 0.968 bits per heavy atom. The lowest BCUT2D eigenvalue weighted by molar-refractivity contribution is 0.104. The van der Waals surface area contributed by atoms with Crippen LogP contribution in [0.1, 0.15) is 53.2 Å². The van der Waals surface area contributed by atoms with Crippen LogP contribution < -0.4 is 16.2 Å². The summed E-state index contributed by atoms with van der Waals surface area (Å²) in [5, 5.41) is 0. The number of hydrogen-bond donors (Lipinski definition) is 2. The number of nitrogens with two attached hydrogens (primary N) is 2. The SMILES string of the molecule is CCCCCc1ccc(C=CC(=O)c2ccc(Oc3ccc(N)cc3N)cc2)c(C)c1. The fourth-order valence-corrected chi connectivity index (χ4v) is 3.40. The average Bonchev–Trinajstić information content (AvgIpc) is 2.75. The quantitative estimate of drug-likeness (QED) is 0.179. The van der Waals surface area contributed by atoms with Crippen LogP contribution in [0.3, 0.4) is 0 Å². The van der Waals surface area contributed by atoms with E-state index in [0.29, 0.717) is 28.4 Å². The van der Waals surface area contributed by atoms with Crippen LogP contribution in [0.5, 0.6) is 11.5 Å². The van der Waals surface area contributed by atoms with Crippen molar-refractivity contribution in [1.82, 2.24) is 0 Å². The average molecular weight is 415 g/mol. The Morgan fingerprint density at radius 3 is 2.42 bits per heavy atom. The van der Waals surface area contributed by atoms with Crippen molar-refractivity contribution in [2.75, 3.05) is 11.5 Å². The molecule has 0 bridgehead atoms. The van der Waals surface area contributed by atoms with Gasteiger partial charge in [-0.05, 0) is 85.0 Å². The molecule has 160 valence electrons. The van der Waals surface area contributed by atoms with E-state index in [0.717, 1.165) is 12.0 Å². The van der Waals surface area contributed by atoms with Crippen LogP contribution in [0.2, 0.25) is 0 Å². The largest absolute Gasteiger partial charge is 0.455 e. The van der Waals surface area contributed by atoms with Crippen LogP contribution in [0.15, 0.2) is 66.7 Å². The van der Waals surface area contributed by atoms with Gasteiger partial charge in [0.2, 0.25) is 0 Å². The van der Waals surface area contributed by atoms with Crippen LogP contribution in [0.25, 0.3) is 6.08 Å². The van der Waals surface area contributed by atoms with E-state index >= 15 is 0 Å². The molecule has 0 saturated carbocycles. The molecule has 0 aliphatic heterocycles. The molecule has 0 aliphatic rings. The van der Waals surface area contributed by atoms with Crippen LogP contribution in [-0.4, -0.2) is 5.78 Å². The highest BCUT2D eigenvalue weighted by molar-refractivity contribution is 6.06. The first-order chi connectivity index (χ1) is 15.0. The highest BCUT2D eigenvalue weighted by Gasteiger charge is 2.06. The minimum absolute atomic E-state index is 0.0510. The van der Waals surface area contributed by atoms with Gasteiger partial charge in [-0.3, -0.25) is 4.79 Å². The normalized spacial score (nSPS) is 11.0. The number of nitrogen functional groups attached to an aromatic ring is 2. The van der Waals surface area contributed by atoms with Gasteiger partial charge >= 0.3 is 0 Å². The van der Waals surface area contributed by atoms with Crippen molar-refractivity contribution in [3.05, 3.63) is 89.0 Å². The molecule has 0 fully saturated rings. The number of ketones is 1. The number of allylic oxidation sites excluding steroid dienone is 1. The third-order valence-electron chi connectivity index (χ3n) is 5.22. The zero-order valence-electron chi connectivity index (χ0n) is 18.2. The summed E-state index contributed by atoms with van der Waals surface area (Å²) in [5.41, 5.74) is 16.9. The van der Waals surface area contributed by atoms with Crippen LogP contribution in [0.4, 0.5) is 11.4 Å². The zero-order chi connectivity index (χ0) is 22.2. The number of hydrogen-bond acceptors (Lipinski definition) is 4.